The van der Waals surface area contributed by atoms with Gasteiger partial charge in [0.25, 0.3) is 0 Å². The van der Waals surface area contributed by atoms with E-state index in [1.807, 2.05) is 13.8 Å². The Balaban J connectivity index is 0.00000249. The van der Waals surface area contributed by atoms with Crippen molar-refractivity contribution in [2.45, 2.75) is 36.9 Å². The second-order valence-corrected chi connectivity index (χ2v) is 9.32. The van der Waals surface area contributed by atoms with Gasteiger partial charge in [-0.1, -0.05) is 74.5 Å². The number of halogens is 6. The summed E-state index contributed by atoms with van der Waals surface area (Å²) < 4.78 is 127. The number of hydrogen-bond acceptors (Lipinski definition) is 4. The molecule has 0 aliphatic rings. The van der Waals surface area contributed by atoms with Gasteiger partial charge in [0.2, 0.25) is 0 Å². The average molecular weight is 506 g/mol. The zero-order chi connectivity index (χ0) is 24.8. The molecule has 2 rings (SSSR count). The van der Waals surface area contributed by atoms with Crippen LogP contribution in [0.1, 0.15) is 37.1 Å². The molecule has 0 bridgehead atoms. The van der Waals surface area contributed by atoms with E-state index in [1.54, 1.807) is 0 Å². The van der Waals surface area contributed by atoms with Crippen molar-refractivity contribution in [2.75, 3.05) is 0 Å². The second kappa shape index (κ2) is 10.6. The molecule has 6 nitrogen and oxygen atoms in total. The maximum absolute atomic E-state index is 12.9. The van der Waals surface area contributed by atoms with Crippen LogP contribution in [0.15, 0.2) is 60.7 Å². The number of hydrogen-bond donors (Lipinski definition) is 2. The predicted octanol–water partition coefficient (Wildman–Crippen LogP) is 4.37. The van der Waals surface area contributed by atoms with E-state index in [9.17, 15) is 43.2 Å². The van der Waals surface area contributed by atoms with Gasteiger partial charge in [-0.2, -0.15) is 35.8 Å². The highest BCUT2D eigenvalue weighted by atomic mass is 32.2. The van der Waals surface area contributed by atoms with Crippen LogP contribution >= 0.6 is 0 Å². The topological polar surface area (TPSA) is 92.3 Å². The number of benzene rings is 2. The van der Waals surface area contributed by atoms with Crippen molar-refractivity contribution in [3.8, 4) is 0 Å². The first kappa shape index (κ1) is 27.9. The molecular weight excluding hydrogens is 486 g/mol. The first-order valence-electron chi connectivity index (χ1n) is 8.93. The number of alkyl halides is 6. The number of rotatable bonds is 7. The first-order chi connectivity index (χ1) is 14.7. The lowest BCUT2D eigenvalue weighted by atomic mass is 9.95. The van der Waals surface area contributed by atoms with Gasteiger partial charge in [0.05, 0.1) is 12.1 Å². The molecule has 180 valence electrons. The van der Waals surface area contributed by atoms with E-state index >= 15 is 0 Å². The lowest BCUT2D eigenvalue weighted by molar-refractivity contribution is -0.0465. The van der Waals surface area contributed by atoms with Gasteiger partial charge >= 0.3 is 31.1 Å². The molecule has 1 unspecified atom stereocenters. The maximum atomic E-state index is 12.9. The first-order valence-corrected chi connectivity index (χ1v) is 11.9. The van der Waals surface area contributed by atoms with Gasteiger partial charge < -0.3 is 0 Å². The molecule has 0 aliphatic carbocycles. The molecule has 0 heterocycles. The molecule has 0 saturated heterocycles. The Morgan fingerprint density at radius 2 is 0.844 bits per heavy atom. The summed E-state index contributed by atoms with van der Waals surface area (Å²) in [5.41, 5.74) is -12.0. The molecule has 0 aliphatic heterocycles. The van der Waals surface area contributed by atoms with Gasteiger partial charge in [-0.05, 0) is 11.1 Å². The third kappa shape index (κ3) is 6.92. The molecule has 2 aromatic rings. The third-order valence-corrected chi connectivity index (χ3v) is 6.17. The average Bonchev–Trinajstić information content (AvgIpc) is 2.71. The molecule has 2 N–H and O–H groups in total. The number of sulfonamides is 2. The summed E-state index contributed by atoms with van der Waals surface area (Å²) in [5.74, 6) is 0. The third-order valence-electron chi connectivity index (χ3n) is 3.82. The SMILES string of the molecule is CC.O=S(=O)(NC(c1ccccc1)[C@H](NS(=O)(=O)C(F)(F)F)c1ccccc1)C(F)(F)F. The van der Waals surface area contributed by atoms with E-state index in [2.05, 4.69) is 0 Å². The van der Waals surface area contributed by atoms with Gasteiger partial charge in [0, 0.05) is 0 Å². The number of nitrogens with one attached hydrogen (secondary N) is 2. The molecule has 0 saturated carbocycles. The van der Waals surface area contributed by atoms with E-state index in [-0.39, 0.29) is 11.1 Å². The summed E-state index contributed by atoms with van der Waals surface area (Å²) in [6, 6.07) is 8.48. The Hall–Kier alpha value is -2.16. The highest BCUT2D eigenvalue weighted by Crippen LogP contribution is 2.35. The van der Waals surface area contributed by atoms with Crippen LogP contribution in [-0.2, 0) is 20.0 Å². The van der Waals surface area contributed by atoms with Crippen LogP contribution in [0.25, 0.3) is 0 Å². The van der Waals surface area contributed by atoms with Gasteiger partial charge in [0.1, 0.15) is 0 Å². The monoisotopic (exact) mass is 506 g/mol. The van der Waals surface area contributed by atoms with Crippen molar-refractivity contribution in [2.24, 2.45) is 0 Å². The summed E-state index contributed by atoms with van der Waals surface area (Å²) in [6.45, 7) is 4.00. The van der Waals surface area contributed by atoms with Crippen molar-refractivity contribution >= 4 is 20.0 Å². The Kier molecular flexibility index (Phi) is 9.27. The summed E-state index contributed by atoms with van der Waals surface area (Å²) in [7, 11) is -12.1. The highest BCUT2D eigenvalue weighted by Gasteiger charge is 2.51. The summed E-state index contributed by atoms with van der Waals surface area (Å²) >= 11 is 0. The van der Waals surface area contributed by atoms with E-state index in [0.29, 0.717) is 0 Å². The smallest absolute Gasteiger partial charge is 0.203 e. The highest BCUT2D eigenvalue weighted by molar-refractivity contribution is 7.90. The Labute approximate surface area is 181 Å². The lowest BCUT2D eigenvalue weighted by Crippen LogP contribution is -2.47. The standard InChI is InChI=1S/C16H14F6N2O4S2.C2H6/c17-15(18,19)29(25,26)23-13(11-7-3-1-4-8-11)14(12-9-5-2-6-10-12)24-30(27,28)16(20,21)22;1-2/h1-10,13-14,23-24H;1-2H3/t13-,14?;/m1./s1. The van der Waals surface area contributed by atoms with Gasteiger partial charge in [0.15, 0.2) is 0 Å². The zero-order valence-corrected chi connectivity index (χ0v) is 18.3. The minimum Gasteiger partial charge on any atom is -0.203 e. The van der Waals surface area contributed by atoms with E-state index in [1.165, 1.54) is 45.8 Å². The summed E-state index contributed by atoms with van der Waals surface area (Å²) in [5, 5.41) is 0. The van der Waals surface area contributed by atoms with Crippen LogP contribution in [0, 0.1) is 0 Å². The van der Waals surface area contributed by atoms with Gasteiger partial charge in [-0.15, -0.1) is 0 Å². The van der Waals surface area contributed by atoms with Crippen LogP contribution in [0.4, 0.5) is 26.3 Å². The lowest BCUT2D eigenvalue weighted by Gasteiger charge is -2.30. The minimum absolute atomic E-state index is 0.205. The molecule has 0 spiro atoms. The largest absolute Gasteiger partial charge is 0.511 e. The second-order valence-electron chi connectivity index (χ2n) is 5.91. The van der Waals surface area contributed by atoms with E-state index in [4.69, 9.17) is 0 Å². The maximum Gasteiger partial charge on any atom is 0.511 e. The fourth-order valence-corrected chi connectivity index (χ4v) is 3.93. The van der Waals surface area contributed by atoms with Crippen LogP contribution in [0.2, 0.25) is 0 Å². The normalized spacial score (nSPS) is 14.8. The predicted molar refractivity (Wildman–Crippen MR) is 106 cm³/mol. The quantitative estimate of drug-likeness (QED) is 0.546. The molecule has 32 heavy (non-hydrogen) atoms. The zero-order valence-electron chi connectivity index (χ0n) is 16.6. The molecule has 0 aromatic heterocycles. The van der Waals surface area contributed by atoms with Gasteiger partial charge in [-0.25, -0.2) is 16.8 Å². The fraction of sp³-hybridized carbons (Fsp3) is 0.333. The van der Waals surface area contributed by atoms with Crippen molar-refractivity contribution in [3.63, 3.8) is 0 Å². The summed E-state index contributed by atoms with van der Waals surface area (Å²) in [4.78, 5) is 0. The molecular formula is C18H20F6N2O4S2. The van der Waals surface area contributed by atoms with Gasteiger partial charge in [-0.3, -0.25) is 0 Å². The van der Waals surface area contributed by atoms with Crippen molar-refractivity contribution in [3.05, 3.63) is 71.8 Å². The van der Waals surface area contributed by atoms with Crippen LogP contribution in [0.5, 0.6) is 0 Å². The fourth-order valence-electron chi connectivity index (χ4n) is 2.45. The molecule has 14 heteroatoms. The van der Waals surface area contributed by atoms with Crippen LogP contribution in [0.3, 0.4) is 0 Å². The van der Waals surface area contributed by atoms with Crippen molar-refractivity contribution < 1.29 is 43.2 Å². The van der Waals surface area contributed by atoms with Crippen LogP contribution < -0.4 is 9.44 Å². The molecule has 0 fully saturated rings. The van der Waals surface area contributed by atoms with Crippen molar-refractivity contribution in [1.29, 1.82) is 0 Å². The molecule has 0 amide bonds. The Bertz CT molecular complexity index is 971. The molecule has 0 radical (unpaired) electrons. The Morgan fingerprint density at radius 1 is 0.594 bits per heavy atom. The minimum atomic E-state index is -6.06. The summed E-state index contributed by atoms with van der Waals surface area (Å²) in [6.07, 6.45) is 0. The van der Waals surface area contributed by atoms with E-state index in [0.717, 1.165) is 24.3 Å². The van der Waals surface area contributed by atoms with E-state index < -0.39 is 43.1 Å². The molecule has 2 aromatic carbocycles. The Morgan fingerprint density at radius 3 is 1.06 bits per heavy atom. The van der Waals surface area contributed by atoms with Crippen molar-refractivity contribution in [1.82, 2.24) is 9.44 Å². The van der Waals surface area contributed by atoms with Crippen LogP contribution in [-0.4, -0.2) is 27.9 Å². The molecule has 2 atom stereocenters.